The first-order valence-electron chi connectivity index (χ1n) is 15.5. The number of halogens is 3. The van der Waals surface area contributed by atoms with Crippen molar-refractivity contribution in [3.8, 4) is 11.5 Å². The molecule has 6 nitrogen and oxygen atoms in total. The molecule has 0 aliphatic heterocycles. The van der Waals surface area contributed by atoms with E-state index in [0.29, 0.717) is 24.1 Å². The molecule has 0 radical (unpaired) electrons. The highest BCUT2D eigenvalue weighted by molar-refractivity contribution is 6.00. The van der Waals surface area contributed by atoms with Gasteiger partial charge < -0.3 is 24.4 Å². The van der Waals surface area contributed by atoms with Crippen LogP contribution in [-0.4, -0.2) is 45.5 Å². The third kappa shape index (κ3) is 10.4. The Hall–Kier alpha value is -3.36. The summed E-state index contributed by atoms with van der Waals surface area (Å²) in [6.45, 7) is 16.2. The van der Waals surface area contributed by atoms with E-state index in [9.17, 15) is 18.0 Å². The second-order valence-corrected chi connectivity index (χ2v) is 11.8. The van der Waals surface area contributed by atoms with Gasteiger partial charge in [-0.15, -0.1) is 0 Å². The Labute approximate surface area is 262 Å². The fourth-order valence-corrected chi connectivity index (χ4v) is 4.88. The zero-order valence-electron chi connectivity index (χ0n) is 28.1. The molecule has 0 bridgehead atoms. The van der Waals surface area contributed by atoms with Gasteiger partial charge >= 0.3 is 6.18 Å². The van der Waals surface area contributed by atoms with Gasteiger partial charge in [-0.05, 0) is 81.6 Å². The molecule has 2 aromatic carbocycles. The number of rotatable bonds is 16. The van der Waals surface area contributed by atoms with Gasteiger partial charge in [0.15, 0.2) is 0 Å². The van der Waals surface area contributed by atoms with E-state index in [2.05, 4.69) is 71.6 Å². The molecule has 0 aliphatic rings. The number of hydrogen-bond donors (Lipinski definition) is 1. The van der Waals surface area contributed by atoms with Gasteiger partial charge in [-0.2, -0.15) is 13.2 Å². The standard InChI is InChI=1S/C35H51F3N2O4/c1-11-22(3)20-40(29-18-31(42-9)33(32(19-29)43-10)34(41)39-21-35(36,37)38)30-16-15-28(17-25(30)6)24(5)14-13-23(4)27(8)44-26(7)12-2/h15-19,22,24,26H,11-14,20-21H2,1-10H3,(H,39,41)/b27-23-. The summed E-state index contributed by atoms with van der Waals surface area (Å²) in [5.41, 5.74) is 5.23. The molecule has 0 fully saturated rings. The van der Waals surface area contributed by atoms with E-state index in [1.807, 2.05) is 12.2 Å². The van der Waals surface area contributed by atoms with E-state index >= 15 is 0 Å². The number of nitrogens with zero attached hydrogens (tertiary/aromatic N) is 1. The lowest BCUT2D eigenvalue weighted by molar-refractivity contribution is -0.123. The van der Waals surface area contributed by atoms with Gasteiger partial charge in [0.25, 0.3) is 5.91 Å². The molecule has 1 N–H and O–H groups in total. The number of carbonyl (C=O) groups is 1. The zero-order valence-corrected chi connectivity index (χ0v) is 28.1. The Kier molecular flexibility index (Phi) is 13.9. The molecule has 3 unspecified atom stereocenters. The molecule has 246 valence electrons. The minimum absolute atomic E-state index is 0.0819. The van der Waals surface area contributed by atoms with Crippen LogP contribution in [0, 0.1) is 12.8 Å². The number of anilines is 2. The lowest BCUT2D eigenvalue weighted by Gasteiger charge is -2.31. The average molecular weight is 621 g/mol. The molecule has 3 atom stereocenters. The summed E-state index contributed by atoms with van der Waals surface area (Å²) in [6.07, 6.45) is -0.466. The number of hydrogen-bond acceptors (Lipinski definition) is 5. The largest absolute Gasteiger partial charge is 0.496 e. The van der Waals surface area contributed by atoms with Crippen molar-refractivity contribution in [1.29, 1.82) is 0 Å². The van der Waals surface area contributed by atoms with Gasteiger partial charge in [0.2, 0.25) is 0 Å². The number of carbonyl (C=O) groups excluding carboxylic acids is 1. The Morgan fingerprint density at radius 2 is 1.59 bits per heavy atom. The van der Waals surface area contributed by atoms with E-state index in [1.54, 1.807) is 12.1 Å². The Morgan fingerprint density at radius 3 is 2.09 bits per heavy atom. The molecule has 0 spiro atoms. The maximum atomic E-state index is 12.8. The van der Waals surface area contributed by atoms with E-state index in [1.165, 1.54) is 25.4 Å². The van der Waals surface area contributed by atoms with Crippen LogP contribution in [0.2, 0.25) is 0 Å². The summed E-state index contributed by atoms with van der Waals surface area (Å²) < 4.78 is 55.4. The van der Waals surface area contributed by atoms with E-state index in [4.69, 9.17) is 14.2 Å². The predicted octanol–water partition coefficient (Wildman–Crippen LogP) is 9.48. The molecule has 44 heavy (non-hydrogen) atoms. The first-order chi connectivity index (χ1) is 20.6. The molecule has 9 heteroatoms. The van der Waals surface area contributed by atoms with Crippen LogP contribution < -0.4 is 19.7 Å². The van der Waals surface area contributed by atoms with Crippen molar-refractivity contribution >= 4 is 17.3 Å². The van der Waals surface area contributed by atoms with Crippen LogP contribution in [0.3, 0.4) is 0 Å². The molecule has 0 saturated carbocycles. The quantitative estimate of drug-likeness (QED) is 0.190. The Morgan fingerprint density at radius 1 is 0.977 bits per heavy atom. The summed E-state index contributed by atoms with van der Waals surface area (Å²) in [5.74, 6) is 1.02. The maximum absolute atomic E-state index is 12.8. The van der Waals surface area contributed by atoms with Gasteiger partial charge in [-0.3, -0.25) is 4.79 Å². The smallest absolute Gasteiger partial charge is 0.405 e. The van der Waals surface area contributed by atoms with Crippen molar-refractivity contribution in [3.05, 3.63) is 58.4 Å². The zero-order chi connectivity index (χ0) is 33.2. The van der Waals surface area contributed by atoms with Gasteiger partial charge in [0, 0.05) is 30.1 Å². The minimum atomic E-state index is -4.54. The SMILES string of the molecule is CCC(C)CN(c1cc(OC)c(C(=O)NCC(F)(F)F)c(OC)c1)c1ccc(C(C)CC/C(C)=C(/C)OC(C)CC)cc1C. The molecule has 0 heterocycles. The Bertz CT molecular complexity index is 1250. The van der Waals surface area contributed by atoms with Crippen LogP contribution >= 0.6 is 0 Å². The molecule has 0 aromatic heterocycles. The van der Waals surface area contributed by atoms with Crippen molar-refractivity contribution < 1.29 is 32.2 Å². The summed E-state index contributed by atoms with van der Waals surface area (Å²) in [5, 5.41) is 1.92. The Balaban J connectivity index is 2.44. The molecule has 0 aliphatic carbocycles. The van der Waals surface area contributed by atoms with Gasteiger partial charge in [0.1, 0.15) is 23.6 Å². The van der Waals surface area contributed by atoms with E-state index < -0.39 is 18.6 Å². The van der Waals surface area contributed by atoms with E-state index in [-0.39, 0.29) is 23.2 Å². The highest BCUT2D eigenvalue weighted by atomic mass is 19.4. The number of aryl methyl sites for hydroxylation is 1. The van der Waals surface area contributed by atoms with Gasteiger partial charge in [-0.1, -0.05) is 46.2 Å². The first kappa shape index (κ1) is 36.8. The third-order valence-electron chi connectivity index (χ3n) is 8.26. The van der Waals surface area contributed by atoms with Crippen LogP contribution in [0.4, 0.5) is 24.5 Å². The summed E-state index contributed by atoms with van der Waals surface area (Å²) in [4.78, 5) is 14.9. The number of amides is 1. The van der Waals surface area contributed by atoms with Crippen molar-refractivity contribution in [2.75, 3.05) is 32.2 Å². The number of ether oxygens (including phenoxy) is 3. The number of alkyl halides is 3. The number of methoxy groups -OCH3 is 2. The highest BCUT2D eigenvalue weighted by Crippen LogP contribution is 2.39. The molecule has 2 rings (SSSR count). The fourth-order valence-electron chi connectivity index (χ4n) is 4.88. The molecule has 0 saturated heterocycles. The van der Waals surface area contributed by atoms with Crippen LogP contribution in [-0.2, 0) is 4.74 Å². The van der Waals surface area contributed by atoms with Crippen molar-refractivity contribution in [2.45, 2.75) is 99.3 Å². The van der Waals surface area contributed by atoms with Gasteiger partial charge in [0.05, 0.1) is 26.1 Å². The maximum Gasteiger partial charge on any atom is 0.405 e. The summed E-state index contributed by atoms with van der Waals surface area (Å²) >= 11 is 0. The fraction of sp³-hybridized carbons (Fsp3) is 0.571. The summed E-state index contributed by atoms with van der Waals surface area (Å²) in [6, 6.07) is 9.86. The minimum Gasteiger partial charge on any atom is -0.496 e. The number of benzene rings is 2. The second kappa shape index (κ2) is 16.6. The number of allylic oxidation sites excluding steroid dienone is 2. The van der Waals surface area contributed by atoms with Crippen molar-refractivity contribution in [1.82, 2.24) is 5.32 Å². The van der Waals surface area contributed by atoms with Crippen LogP contribution in [0.25, 0.3) is 0 Å². The number of nitrogens with one attached hydrogen (secondary N) is 1. The summed E-state index contributed by atoms with van der Waals surface area (Å²) in [7, 11) is 2.77. The third-order valence-corrected chi connectivity index (χ3v) is 8.26. The van der Waals surface area contributed by atoms with E-state index in [0.717, 1.165) is 42.7 Å². The van der Waals surface area contributed by atoms with Crippen molar-refractivity contribution in [2.24, 2.45) is 5.92 Å². The average Bonchev–Trinajstić information content (AvgIpc) is 2.99. The molecular formula is C35H51F3N2O4. The predicted molar refractivity (Wildman–Crippen MR) is 172 cm³/mol. The normalized spacial score (nSPS) is 14.3. The second-order valence-electron chi connectivity index (χ2n) is 11.8. The topological polar surface area (TPSA) is 60.0 Å². The molecule has 2 aromatic rings. The van der Waals surface area contributed by atoms with Crippen LogP contribution in [0.5, 0.6) is 11.5 Å². The lowest BCUT2D eigenvalue weighted by atomic mass is 9.92. The monoisotopic (exact) mass is 620 g/mol. The van der Waals surface area contributed by atoms with Gasteiger partial charge in [-0.25, -0.2) is 0 Å². The lowest BCUT2D eigenvalue weighted by Crippen LogP contribution is -2.34. The van der Waals surface area contributed by atoms with Crippen molar-refractivity contribution in [3.63, 3.8) is 0 Å². The van der Waals surface area contributed by atoms with Crippen LogP contribution in [0.1, 0.15) is 102 Å². The first-order valence-corrected chi connectivity index (χ1v) is 15.5. The van der Waals surface area contributed by atoms with Crippen LogP contribution in [0.15, 0.2) is 41.7 Å². The molecular weight excluding hydrogens is 569 g/mol. The molecule has 1 amide bonds. The highest BCUT2D eigenvalue weighted by Gasteiger charge is 2.30.